The third-order valence-electron chi connectivity index (χ3n) is 1.84. The minimum Gasteiger partial charge on any atom is -0.396 e. The number of rotatable bonds is 2. The minimum atomic E-state index is -3.36. The third kappa shape index (κ3) is 1.53. The Hall–Kier alpha value is -1.04. The Morgan fingerprint density at radius 3 is 2.38 bits per heavy atom. The van der Waals surface area contributed by atoms with Gasteiger partial charge in [-0.25, -0.2) is 8.42 Å². The molecule has 2 N–H and O–H groups in total. The predicted octanol–water partition coefficient (Wildman–Crippen LogP) is 0.360. The summed E-state index contributed by atoms with van der Waals surface area (Å²) < 4.78 is 24.2. The highest BCUT2D eigenvalue weighted by Crippen LogP contribution is 2.13. The number of nitrogens with two attached hydrogens (primary N) is 1. The SMILES string of the molecule is Cc1c(N)cnn1S(=O)(=O)C(C)C. The van der Waals surface area contributed by atoms with Crippen molar-refractivity contribution in [3.05, 3.63) is 11.9 Å². The highest BCUT2D eigenvalue weighted by Gasteiger charge is 2.21. The second-order valence-electron chi connectivity index (χ2n) is 3.12. The van der Waals surface area contributed by atoms with Gasteiger partial charge in [0.25, 0.3) is 10.0 Å². The average molecular weight is 203 g/mol. The zero-order chi connectivity index (χ0) is 10.2. The van der Waals surface area contributed by atoms with Crippen LogP contribution in [0.4, 0.5) is 5.69 Å². The normalized spacial score (nSPS) is 12.3. The fourth-order valence-corrected chi connectivity index (χ4v) is 1.93. The first-order chi connectivity index (χ1) is 5.87. The molecule has 0 atom stereocenters. The molecule has 1 rings (SSSR count). The van der Waals surface area contributed by atoms with Crippen LogP contribution in [-0.2, 0) is 10.0 Å². The second kappa shape index (κ2) is 3.02. The van der Waals surface area contributed by atoms with Gasteiger partial charge in [-0.3, -0.25) is 0 Å². The van der Waals surface area contributed by atoms with E-state index in [1.54, 1.807) is 20.8 Å². The van der Waals surface area contributed by atoms with Crippen LogP contribution in [0.5, 0.6) is 0 Å². The maximum absolute atomic E-state index is 11.6. The summed E-state index contributed by atoms with van der Waals surface area (Å²) in [5.74, 6) is 0. The van der Waals surface area contributed by atoms with E-state index in [2.05, 4.69) is 5.10 Å². The standard InChI is InChI=1S/C7H13N3O2S/c1-5(2)13(11,12)10-6(3)7(8)4-9-10/h4-5H,8H2,1-3H3. The molecule has 0 aromatic carbocycles. The molecular weight excluding hydrogens is 190 g/mol. The summed E-state index contributed by atoms with van der Waals surface area (Å²) in [4.78, 5) is 0. The second-order valence-corrected chi connectivity index (χ2v) is 5.44. The summed E-state index contributed by atoms with van der Waals surface area (Å²) >= 11 is 0. The summed E-state index contributed by atoms with van der Waals surface area (Å²) in [5.41, 5.74) is 6.35. The molecule has 6 heteroatoms. The number of anilines is 1. The number of nitrogens with zero attached hydrogens (tertiary/aromatic N) is 2. The van der Waals surface area contributed by atoms with E-state index in [1.165, 1.54) is 6.20 Å². The van der Waals surface area contributed by atoms with E-state index in [0.29, 0.717) is 11.4 Å². The van der Waals surface area contributed by atoms with Crippen LogP contribution >= 0.6 is 0 Å². The van der Waals surface area contributed by atoms with Gasteiger partial charge in [-0.05, 0) is 20.8 Å². The van der Waals surface area contributed by atoms with Crippen molar-refractivity contribution in [3.63, 3.8) is 0 Å². The maximum Gasteiger partial charge on any atom is 0.256 e. The Balaban J connectivity index is 3.32. The molecule has 0 spiro atoms. The molecule has 0 amide bonds. The molecule has 13 heavy (non-hydrogen) atoms. The number of aromatic nitrogens is 2. The van der Waals surface area contributed by atoms with Gasteiger partial charge in [0.1, 0.15) is 0 Å². The third-order valence-corrected chi connectivity index (χ3v) is 3.88. The van der Waals surface area contributed by atoms with Crippen LogP contribution in [0.1, 0.15) is 19.5 Å². The van der Waals surface area contributed by atoms with Crippen molar-refractivity contribution in [1.29, 1.82) is 0 Å². The number of hydrogen-bond donors (Lipinski definition) is 1. The quantitative estimate of drug-likeness (QED) is 0.752. The van der Waals surface area contributed by atoms with Gasteiger partial charge in [-0.1, -0.05) is 0 Å². The molecule has 0 saturated carbocycles. The first-order valence-electron chi connectivity index (χ1n) is 3.92. The molecule has 0 aliphatic heterocycles. The van der Waals surface area contributed by atoms with Crippen molar-refractivity contribution in [1.82, 2.24) is 9.19 Å². The Kier molecular flexibility index (Phi) is 2.34. The van der Waals surface area contributed by atoms with Gasteiger partial charge in [0.05, 0.1) is 22.8 Å². The van der Waals surface area contributed by atoms with E-state index in [4.69, 9.17) is 5.73 Å². The van der Waals surface area contributed by atoms with Crippen molar-refractivity contribution in [3.8, 4) is 0 Å². The van der Waals surface area contributed by atoms with Crippen LogP contribution in [0, 0.1) is 6.92 Å². The first-order valence-corrected chi connectivity index (χ1v) is 5.42. The summed E-state index contributed by atoms with van der Waals surface area (Å²) in [6.45, 7) is 4.83. The van der Waals surface area contributed by atoms with Crippen molar-refractivity contribution in [2.75, 3.05) is 5.73 Å². The number of nitrogen functional groups attached to an aromatic ring is 1. The van der Waals surface area contributed by atoms with Gasteiger partial charge in [0.2, 0.25) is 0 Å². The smallest absolute Gasteiger partial charge is 0.256 e. The van der Waals surface area contributed by atoms with Crippen LogP contribution in [0.15, 0.2) is 6.20 Å². The van der Waals surface area contributed by atoms with Gasteiger partial charge < -0.3 is 5.73 Å². The summed E-state index contributed by atoms with van der Waals surface area (Å²) in [6.07, 6.45) is 1.34. The van der Waals surface area contributed by atoms with Gasteiger partial charge in [0.15, 0.2) is 0 Å². The molecule has 0 aliphatic carbocycles. The predicted molar refractivity (Wildman–Crippen MR) is 50.8 cm³/mol. The van der Waals surface area contributed by atoms with Crippen molar-refractivity contribution < 1.29 is 8.42 Å². The highest BCUT2D eigenvalue weighted by molar-refractivity contribution is 7.90. The van der Waals surface area contributed by atoms with E-state index < -0.39 is 15.3 Å². The zero-order valence-corrected chi connectivity index (χ0v) is 8.67. The molecule has 0 aliphatic rings. The lowest BCUT2D eigenvalue weighted by molar-refractivity contribution is 0.569. The molecule has 0 fully saturated rings. The van der Waals surface area contributed by atoms with Gasteiger partial charge in [-0.15, -0.1) is 0 Å². The zero-order valence-electron chi connectivity index (χ0n) is 7.85. The topological polar surface area (TPSA) is 78.0 Å². The summed E-state index contributed by atoms with van der Waals surface area (Å²) in [7, 11) is -3.36. The first kappa shape index (κ1) is 10.0. The molecule has 5 nitrogen and oxygen atoms in total. The molecule has 0 unspecified atom stereocenters. The lowest BCUT2D eigenvalue weighted by atomic mass is 10.4. The summed E-state index contributed by atoms with van der Waals surface area (Å²) in [5, 5.41) is 3.22. The van der Waals surface area contributed by atoms with Crippen LogP contribution in [0.25, 0.3) is 0 Å². The average Bonchev–Trinajstić information content (AvgIpc) is 2.33. The fraction of sp³-hybridized carbons (Fsp3) is 0.571. The number of hydrogen-bond acceptors (Lipinski definition) is 4. The van der Waals surface area contributed by atoms with E-state index in [9.17, 15) is 8.42 Å². The molecule has 0 radical (unpaired) electrons. The highest BCUT2D eigenvalue weighted by atomic mass is 32.2. The fourth-order valence-electron chi connectivity index (χ4n) is 0.861. The van der Waals surface area contributed by atoms with Crippen molar-refractivity contribution >= 4 is 15.7 Å². The van der Waals surface area contributed by atoms with E-state index >= 15 is 0 Å². The molecule has 1 aromatic heterocycles. The van der Waals surface area contributed by atoms with Crippen LogP contribution < -0.4 is 5.73 Å². The Morgan fingerprint density at radius 2 is 2.08 bits per heavy atom. The molecule has 1 heterocycles. The van der Waals surface area contributed by atoms with Gasteiger partial charge in [-0.2, -0.15) is 9.19 Å². The monoisotopic (exact) mass is 203 g/mol. The van der Waals surface area contributed by atoms with E-state index in [0.717, 1.165) is 4.09 Å². The molecule has 1 aromatic rings. The molecule has 0 saturated heterocycles. The lowest BCUT2D eigenvalue weighted by Crippen LogP contribution is -2.24. The van der Waals surface area contributed by atoms with Gasteiger partial charge >= 0.3 is 0 Å². The van der Waals surface area contributed by atoms with Crippen LogP contribution in [-0.4, -0.2) is 22.9 Å². The van der Waals surface area contributed by atoms with Crippen molar-refractivity contribution in [2.24, 2.45) is 0 Å². The van der Waals surface area contributed by atoms with Crippen LogP contribution in [0.2, 0.25) is 0 Å². The maximum atomic E-state index is 11.6. The van der Waals surface area contributed by atoms with Crippen molar-refractivity contribution in [2.45, 2.75) is 26.0 Å². The molecule has 0 bridgehead atoms. The largest absolute Gasteiger partial charge is 0.396 e. The van der Waals surface area contributed by atoms with Crippen LogP contribution in [0.3, 0.4) is 0 Å². The van der Waals surface area contributed by atoms with E-state index in [-0.39, 0.29) is 0 Å². The van der Waals surface area contributed by atoms with E-state index in [1.807, 2.05) is 0 Å². The Labute approximate surface area is 77.6 Å². The van der Waals surface area contributed by atoms with Gasteiger partial charge in [0, 0.05) is 0 Å². The lowest BCUT2D eigenvalue weighted by Gasteiger charge is -2.08. The Morgan fingerprint density at radius 1 is 1.54 bits per heavy atom. The summed E-state index contributed by atoms with van der Waals surface area (Å²) in [6, 6.07) is 0. The minimum absolute atomic E-state index is 0.393. The Bertz CT molecular complexity index is 405. The molecular formula is C7H13N3O2S. The molecule has 74 valence electrons.